The number of aliphatic hydroxyl groups is 1. The molecule has 0 fully saturated rings. The molecule has 0 aliphatic rings. The molecule has 1 N–H and O–H groups in total. The molecule has 1 aromatic rings. The first-order valence-corrected chi connectivity index (χ1v) is 5.79. The highest BCUT2D eigenvalue weighted by molar-refractivity contribution is 7.10. The average Bonchev–Trinajstić information content (AvgIpc) is 2.50. The third-order valence-electron chi connectivity index (χ3n) is 2.07. The van der Waals surface area contributed by atoms with Crippen molar-refractivity contribution >= 4 is 22.9 Å². The van der Waals surface area contributed by atoms with E-state index >= 15 is 0 Å². The summed E-state index contributed by atoms with van der Waals surface area (Å²) in [6.45, 7) is 6.20. The van der Waals surface area contributed by atoms with E-state index in [0.717, 1.165) is 4.88 Å². The van der Waals surface area contributed by atoms with Crippen LogP contribution >= 0.6 is 22.9 Å². The Labute approximate surface area is 93.5 Å². The molecule has 1 unspecified atom stereocenters. The maximum Gasteiger partial charge on any atom is 0.118 e. The number of thiophene rings is 1. The SMILES string of the molecule is CCOC(C)(C)C(O)c1sccc1Cl. The van der Waals surface area contributed by atoms with Gasteiger partial charge in [0.1, 0.15) is 6.10 Å². The van der Waals surface area contributed by atoms with Gasteiger partial charge in [-0.1, -0.05) is 11.6 Å². The Morgan fingerprint density at radius 2 is 2.29 bits per heavy atom. The monoisotopic (exact) mass is 234 g/mol. The summed E-state index contributed by atoms with van der Waals surface area (Å²) in [7, 11) is 0. The normalized spacial score (nSPS) is 14.4. The van der Waals surface area contributed by atoms with E-state index in [-0.39, 0.29) is 0 Å². The largest absolute Gasteiger partial charge is 0.385 e. The molecule has 0 spiro atoms. The molecule has 0 aliphatic heterocycles. The van der Waals surface area contributed by atoms with Crippen LogP contribution in [0.5, 0.6) is 0 Å². The predicted octanol–water partition coefficient (Wildman–Crippen LogP) is 3.25. The van der Waals surface area contributed by atoms with Gasteiger partial charge in [0.2, 0.25) is 0 Å². The molecule has 1 heterocycles. The van der Waals surface area contributed by atoms with Crippen molar-refractivity contribution in [1.29, 1.82) is 0 Å². The van der Waals surface area contributed by atoms with Crippen molar-refractivity contribution < 1.29 is 9.84 Å². The molecular weight excluding hydrogens is 220 g/mol. The van der Waals surface area contributed by atoms with Crippen LogP contribution in [-0.2, 0) is 4.74 Å². The molecule has 0 radical (unpaired) electrons. The van der Waals surface area contributed by atoms with Gasteiger partial charge in [0.05, 0.1) is 15.5 Å². The first-order chi connectivity index (χ1) is 6.49. The minimum absolute atomic E-state index is 0.576. The van der Waals surface area contributed by atoms with Gasteiger partial charge in [-0.05, 0) is 32.2 Å². The van der Waals surface area contributed by atoms with Crippen molar-refractivity contribution in [1.82, 2.24) is 0 Å². The maximum absolute atomic E-state index is 10.1. The zero-order valence-corrected chi connectivity index (χ0v) is 10.2. The first kappa shape index (κ1) is 12.0. The van der Waals surface area contributed by atoms with E-state index in [1.54, 1.807) is 6.07 Å². The van der Waals surface area contributed by atoms with E-state index in [9.17, 15) is 5.11 Å². The lowest BCUT2D eigenvalue weighted by molar-refractivity contribution is -0.0969. The molecule has 0 aliphatic carbocycles. The van der Waals surface area contributed by atoms with Gasteiger partial charge in [-0.15, -0.1) is 11.3 Å². The number of hydrogen-bond acceptors (Lipinski definition) is 3. The number of hydrogen-bond donors (Lipinski definition) is 1. The van der Waals surface area contributed by atoms with E-state index in [1.807, 2.05) is 26.2 Å². The molecule has 0 amide bonds. The number of ether oxygens (including phenoxy) is 1. The van der Waals surface area contributed by atoms with Crippen LogP contribution < -0.4 is 0 Å². The third-order valence-corrected chi connectivity index (χ3v) is 3.48. The lowest BCUT2D eigenvalue weighted by atomic mass is 10.0. The number of rotatable bonds is 4. The molecule has 0 aromatic carbocycles. The van der Waals surface area contributed by atoms with E-state index < -0.39 is 11.7 Å². The summed E-state index contributed by atoms with van der Waals surface area (Å²) in [6, 6.07) is 1.78. The summed E-state index contributed by atoms with van der Waals surface area (Å²) >= 11 is 7.38. The first-order valence-electron chi connectivity index (χ1n) is 4.54. The fourth-order valence-electron chi connectivity index (χ4n) is 1.27. The van der Waals surface area contributed by atoms with Crippen molar-refractivity contribution in [3.8, 4) is 0 Å². The van der Waals surface area contributed by atoms with Crippen LogP contribution in [0.15, 0.2) is 11.4 Å². The molecule has 0 saturated carbocycles. The second-order valence-corrected chi connectivity index (χ2v) is 4.93. The Hall–Kier alpha value is -0.0900. The van der Waals surface area contributed by atoms with E-state index in [2.05, 4.69) is 0 Å². The average molecular weight is 235 g/mol. The lowest BCUT2D eigenvalue weighted by Crippen LogP contribution is -2.32. The summed E-state index contributed by atoms with van der Waals surface area (Å²) in [6.07, 6.45) is -0.671. The minimum atomic E-state index is -0.671. The van der Waals surface area contributed by atoms with Crippen LogP contribution in [0.2, 0.25) is 5.02 Å². The van der Waals surface area contributed by atoms with Crippen LogP contribution in [0.4, 0.5) is 0 Å². The summed E-state index contributed by atoms with van der Waals surface area (Å²) in [5, 5.41) is 12.5. The fourth-order valence-corrected chi connectivity index (χ4v) is 2.59. The van der Waals surface area contributed by atoms with Gasteiger partial charge < -0.3 is 9.84 Å². The Kier molecular flexibility index (Phi) is 3.95. The molecule has 14 heavy (non-hydrogen) atoms. The molecular formula is C10H15ClO2S. The molecule has 1 rings (SSSR count). The summed E-state index contributed by atoms with van der Waals surface area (Å²) in [5.41, 5.74) is -0.594. The van der Waals surface area contributed by atoms with Crippen LogP contribution in [0, 0.1) is 0 Å². The second kappa shape index (κ2) is 4.62. The zero-order valence-electron chi connectivity index (χ0n) is 8.58. The van der Waals surface area contributed by atoms with Crippen molar-refractivity contribution in [3.63, 3.8) is 0 Å². The van der Waals surface area contributed by atoms with Gasteiger partial charge in [0, 0.05) is 6.61 Å². The standard InChI is InChI=1S/C10H15ClO2S/c1-4-13-10(2,3)9(12)8-7(11)5-6-14-8/h5-6,9,12H,4H2,1-3H3. The summed E-state index contributed by atoms with van der Waals surface area (Å²) < 4.78 is 5.47. The Morgan fingerprint density at radius 1 is 1.64 bits per heavy atom. The Morgan fingerprint density at radius 3 is 2.71 bits per heavy atom. The van der Waals surface area contributed by atoms with Gasteiger partial charge in [0.15, 0.2) is 0 Å². The molecule has 80 valence electrons. The van der Waals surface area contributed by atoms with Gasteiger partial charge >= 0.3 is 0 Å². The van der Waals surface area contributed by atoms with Gasteiger partial charge in [-0.2, -0.15) is 0 Å². The van der Waals surface area contributed by atoms with Gasteiger partial charge in [0.25, 0.3) is 0 Å². The minimum Gasteiger partial charge on any atom is -0.385 e. The van der Waals surface area contributed by atoms with Crippen LogP contribution in [0.3, 0.4) is 0 Å². The third kappa shape index (κ3) is 2.48. The van der Waals surface area contributed by atoms with E-state index in [4.69, 9.17) is 16.3 Å². The fraction of sp³-hybridized carbons (Fsp3) is 0.600. The summed E-state index contributed by atoms with van der Waals surface area (Å²) in [4.78, 5) is 0.769. The van der Waals surface area contributed by atoms with E-state index in [0.29, 0.717) is 11.6 Å². The predicted molar refractivity (Wildman–Crippen MR) is 60.0 cm³/mol. The maximum atomic E-state index is 10.1. The lowest BCUT2D eigenvalue weighted by Gasteiger charge is -2.29. The highest BCUT2D eigenvalue weighted by Gasteiger charge is 2.31. The highest BCUT2D eigenvalue weighted by atomic mass is 35.5. The van der Waals surface area contributed by atoms with Crippen LogP contribution in [-0.4, -0.2) is 17.3 Å². The summed E-state index contributed by atoms with van der Waals surface area (Å²) in [5.74, 6) is 0. The van der Waals surface area contributed by atoms with Gasteiger partial charge in [-0.3, -0.25) is 0 Å². The smallest absolute Gasteiger partial charge is 0.118 e. The second-order valence-electron chi connectivity index (χ2n) is 3.57. The Balaban J connectivity index is 2.84. The highest BCUT2D eigenvalue weighted by Crippen LogP contribution is 2.36. The molecule has 1 aromatic heterocycles. The van der Waals surface area contributed by atoms with Crippen molar-refractivity contribution in [3.05, 3.63) is 21.3 Å². The molecule has 1 atom stereocenters. The van der Waals surface area contributed by atoms with Crippen molar-refractivity contribution in [2.24, 2.45) is 0 Å². The van der Waals surface area contributed by atoms with E-state index in [1.165, 1.54) is 11.3 Å². The molecule has 2 nitrogen and oxygen atoms in total. The molecule has 4 heteroatoms. The quantitative estimate of drug-likeness (QED) is 0.867. The molecule has 0 saturated heterocycles. The number of halogens is 1. The van der Waals surface area contributed by atoms with Crippen LogP contribution in [0.1, 0.15) is 31.8 Å². The zero-order chi connectivity index (χ0) is 10.8. The molecule has 0 bridgehead atoms. The van der Waals surface area contributed by atoms with Crippen LogP contribution in [0.25, 0.3) is 0 Å². The van der Waals surface area contributed by atoms with Gasteiger partial charge in [-0.25, -0.2) is 0 Å². The topological polar surface area (TPSA) is 29.5 Å². The van der Waals surface area contributed by atoms with Crippen molar-refractivity contribution in [2.45, 2.75) is 32.5 Å². The number of aliphatic hydroxyl groups excluding tert-OH is 1. The Bertz CT molecular complexity index is 296. The van der Waals surface area contributed by atoms with Crippen molar-refractivity contribution in [2.75, 3.05) is 6.61 Å².